The van der Waals surface area contributed by atoms with E-state index in [4.69, 9.17) is 10.3 Å². The zero-order valence-electron chi connectivity index (χ0n) is 12.0. The first-order valence-electron chi connectivity index (χ1n) is 7.30. The maximum Gasteiger partial charge on any atom is 0.228 e. The van der Waals surface area contributed by atoms with Crippen LogP contribution in [0.15, 0.2) is 4.52 Å². The van der Waals surface area contributed by atoms with Gasteiger partial charge in [0.25, 0.3) is 0 Å². The molecule has 2 rings (SSSR count). The lowest BCUT2D eigenvalue weighted by Crippen LogP contribution is -2.30. The van der Waals surface area contributed by atoms with Crippen molar-refractivity contribution < 1.29 is 4.52 Å². The Labute approximate surface area is 119 Å². The van der Waals surface area contributed by atoms with Crippen molar-refractivity contribution in [3.05, 3.63) is 11.7 Å². The Morgan fingerprint density at radius 2 is 2.11 bits per heavy atom. The third-order valence-electron chi connectivity index (χ3n) is 3.61. The van der Waals surface area contributed by atoms with Gasteiger partial charge in [-0.2, -0.15) is 16.7 Å². The number of hydrogen-bond donors (Lipinski definition) is 1. The average Bonchev–Trinajstić information content (AvgIpc) is 2.99. The maximum absolute atomic E-state index is 6.23. The van der Waals surface area contributed by atoms with Crippen molar-refractivity contribution in [2.45, 2.75) is 57.7 Å². The molecule has 1 aromatic heterocycles. The molecule has 0 saturated heterocycles. The fourth-order valence-corrected chi connectivity index (χ4v) is 3.46. The second kappa shape index (κ2) is 7.29. The van der Waals surface area contributed by atoms with Crippen molar-refractivity contribution in [3.8, 4) is 0 Å². The molecule has 5 heteroatoms. The first-order valence-corrected chi connectivity index (χ1v) is 8.45. The lowest BCUT2D eigenvalue weighted by atomic mass is 9.96. The van der Waals surface area contributed by atoms with Gasteiger partial charge in [-0.25, -0.2) is 0 Å². The topological polar surface area (TPSA) is 64.9 Å². The summed E-state index contributed by atoms with van der Waals surface area (Å²) in [6.07, 6.45) is 5.88. The highest BCUT2D eigenvalue weighted by molar-refractivity contribution is 7.98. The molecule has 1 aliphatic rings. The SMILES string of the molecule is CC(C)CSCc1noc(CC(N)C2CCCC2)n1. The fraction of sp³-hybridized carbons (Fsp3) is 0.857. The zero-order valence-corrected chi connectivity index (χ0v) is 12.8. The van der Waals surface area contributed by atoms with E-state index in [2.05, 4.69) is 24.0 Å². The predicted octanol–water partition coefficient (Wildman–Crippen LogP) is 3.02. The number of aromatic nitrogens is 2. The molecule has 1 atom stereocenters. The van der Waals surface area contributed by atoms with Crippen molar-refractivity contribution >= 4 is 11.8 Å². The molecule has 1 saturated carbocycles. The van der Waals surface area contributed by atoms with Gasteiger partial charge in [0.05, 0.1) is 5.75 Å². The van der Waals surface area contributed by atoms with Crippen molar-refractivity contribution in [2.24, 2.45) is 17.6 Å². The molecule has 1 aromatic rings. The van der Waals surface area contributed by atoms with Gasteiger partial charge in [0.15, 0.2) is 5.82 Å². The van der Waals surface area contributed by atoms with Gasteiger partial charge in [0.1, 0.15) is 0 Å². The molecule has 1 unspecified atom stereocenters. The lowest BCUT2D eigenvalue weighted by Gasteiger charge is -2.16. The van der Waals surface area contributed by atoms with E-state index in [1.165, 1.54) is 25.7 Å². The molecule has 0 spiro atoms. The summed E-state index contributed by atoms with van der Waals surface area (Å²) in [6.45, 7) is 4.44. The number of rotatable bonds is 7. The van der Waals surface area contributed by atoms with Gasteiger partial charge in [-0.3, -0.25) is 0 Å². The quantitative estimate of drug-likeness (QED) is 0.833. The molecule has 4 nitrogen and oxygen atoms in total. The summed E-state index contributed by atoms with van der Waals surface area (Å²) in [5.74, 6) is 4.82. The molecule has 0 bridgehead atoms. The highest BCUT2D eigenvalue weighted by Crippen LogP contribution is 2.28. The van der Waals surface area contributed by atoms with Crippen molar-refractivity contribution in [3.63, 3.8) is 0 Å². The van der Waals surface area contributed by atoms with E-state index in [0.717, 1.165) is 23.8 Å². The Bertz CT molecular complexity index is 375. The summed E-state index contributed by atoms with van der Waals surface area (Å²) < 4.78 is 5.30. The van der Waals surface area contributed by atoms with E-state index in [0.29, 0.717) is 17.7 Å². The predicted molar refractivity (Wildman–Crippen MR) is 78.9 cm³/mol. The minimum atomic E-state index is 0.180. The van der Waals surface area contributed by atoms with Gasteiger partial charge in [0.2, 0.25) is 5.89 Å². The van der Waals surface area contributed by atoms with Crippen molar-refractivity contribution in [2.75, 3.05) is 5.75 Å². The van der Waals surface area contributed by atoms with E-state index in [1.807, 2.05) is 11.8 Å². The van der Waals surface area contributed by atoms with Crippen LogP contribution >= 0.6 is 11.8 Å². The van der Waals surface area contributed by atoms with Crippen LogP contribution in [0.3, 0.4) is 0 Å². The fourth-order valence-electron chi connectivity index (χ4n) is 2.57. The molecule has 0 amide bonds. The van der Waals surface area contributed by atoms with Crippen LogP contribution in [0.1, 0.15) is 51.2 Å². The van der Waals surface area contributed by atoms with Gasteiger partial charge in [-0.05, 0) is 30.4 Å². The normalized spacial score (nSPS) is 18.3. The average molecular weight is 283 g/mol. The Balaban J connectivity index is 1.76. The van der Waals surface area contributed by atoms with Gasteiger partial charge in [-0.1, -0.05) is 31.8 Å². The molecule has 2 N–H and O–H groups in total. The first-order chi connectivity index (χ1) is 9.15. The van der Waals surface area contributed by atoms with Crippen LogP contribution in [0.25, 0.3) is 0 Å². The van der Waals surface area contributed by atoms with Crippen LogP contribution in [0.2, 0.25) is 0 Å². The van der Waals surface area contributed by atoms with Crippen LogP contribution in [0.5, 0.6) is 0 Å². The molecule has 1 heterocycles. The summed E-state index contributed by atoms with van der Waals surface area (Å²) in [7, 11) is 0. The minimum absolute atomic E-state index is 0.180. The minimum Gasteiger partial charge on any atom is -0.339 e. The molecule has 108 valence electrons. The van der Waals surface area contributed by atoms with Gasteiger partial charge < -0.3 is 10.3 Å². The van der Waals surface area contributed by atoms with Crippen LogP contribution in [-0.4, -0.2) is 21.9 Å². The summed E-state index contributed by atoms with van der Waals surface area (Å²) >= 11 is 1.86. The highest BCUT2D eigenvalue weighted by Gasteiger charge is 2.23. The number of hydrogen-bond acceptors (Lipinski definition) is 5. The molecule has 1 aliphatic carbocycles. The van der Waals surface area contributed by atoms with Gasteiger partial charge >= 0.3 is 0 Å². The number of nitrogens with two attached hydrogens (primary N) is 1. The van der Waals surface area contributed by atoms with E-state index < -0.39 is 0 Å². The number of thioether (sulfide) groups is 1. The smallest absolute Gasteiger partial charge is 0.228 e. The Hall–Kier alpha value is -0.550. The van der Waals surface area contributed by atoms with Crippen molar-refractivity contribution in [1.29, 1.82) is 0 Å². The molecule has 0 aromatic carbocycles. The monoisotopic (exact) mass is 283 g/mol. The summed E-state index contributed by atoms with van der Waals surface area (Å²) in [5, 5.41) is 4.03. The van der Waals surface area contributed by atoms with Crippen LogP contribution < -0.4 is 5.73 Å². The van der Waals surface area contributed by atoms with Crippen LogP contribution in [-0.2, 0) is 12.2 Å². The third-order valence-corrected chi connectivity index (χ3v) is 4.97. The molecule has 0 aliphatic heterocycles. The van der Waals surface area contributed by atoms with Gasteiger partial charge in [-0.15, -0.1) is 0 Å². The molecule has 0 radical (unpaired) electrons. The summed E-state index contributed by atoms with van der Waals surface area (Å²) in [4.78, 5) is 4.44. The molecule has 1 fully saturated rings. The van der Waals surface area contributed by atoms with E-state index in [-0.39, 0.29) is 6.04 Å². The van der Waals surface area contributed by atoms with Crippen LogP contribution in [0.4, 0.5) is 0 Å². The van der Waals surface area contributed by atoms with Crippen molar-refractivity contribution in [1.82, 2.24) is 10.1 Å². The van der Waals surface area contributed by atoms with Gasteiger partial charge in [0, 0.05) is 12.5 Å². The summed E-state index contributed by atoms with van der Waals surface area (Å²) in [5.41, 5.74) is 6.23. The Morgan fingerprint density at radius 3 is 2.79 bits per heavy atom. The molecule has 19 heavy (non-hydrogen) atoms. The van der Waals surface area contributed by atoms with E-state index in [1.54, 1.807) is 0 Å². The zero-order chi connectivity index (χ0) is 13.7. The largest absolute Gasteiger partial charge is 0.339 e. The second-order valence-electron chi connectivity index (χ2n) is 5.93. The van der Waals surface area contributed by atoms with E-state index >= 15 is 0 Å². The van der Waals surface area contributed by atoms with E-state index in [9.17, 15) is 0 Å². The second-order valence-corrected chi connectivity index (χ2v) is 6.96. The molecular formula is C14H25N3OS. The Morgan fingerprint density at radius 1 is 1.37 bits per heavy atom. The molecular weight excluding hydrogens is 258 g/mol. The summed E-state index contributed by atoms with van der Waals surface area (Å²) in [6, 6.07) is 0.180. The lowest BCUT2D eigenvalue weighted by molar-refractivity contribution is 0.339. The standard InChI is InChI=1S/C14H25N3OS/c1-10(2)8-19-9-13-16-14(18-17-13)7-12(15)11-5-3-4-6-11/h10-12H,3-9,15H2,1-2H3. The maximum atomic E-state index is 6.23. The first kappa shape index (κ1) is 14.9. The Kier molecular flexibility index (Phi) is 5.70. The van der Waals surface area contributed by atoms with Crippen LogP contribution in [0, 0.1) is 11.8 Å². The third kappa shape index (κ3) is 4.80. The highest BCUT2D eigenvalue weighted by atomic mass is 32.2. The number of nitrogens with zero attached hydrogens (tertiary/aromatic N) is 2.